The van der Waals surface area contributed by atoms with Crippen LogP contribution < -0.4 is 14.8 Å². The second-order valence-corrected chi connectivity index (χ2v) is 8.67. The summed E-state index contributed by atoms with van der Waals surface area (Å²) >= 11 is 0. The van der Waals surface area contributed by atoms with Crippen molar-refractivity contribution >= 4 is 0 Å². The first kappa shape index (κ1) is 25.9. The molecule has 1 aromatic rings. The number of benzene rings is 1. The van der Waals surface area contributed by atoms with Crippen molar-refractivity contribution in [2.75, 3.05) is 66.7 Å². The first-order valence-corrected chi connectivity index (χ1v) is 11.7. The molecule has 1 aliphatic heterocycles. The number of nitrogens with zero attached hydrogens (tertiary/aromatic N) is 2. The highest BCUT2D eigenvalue weighted by atomic mass is 16.5. The lowest BCUT2D eigenvalue weighted by Gasteiger charge is -2.26. The molecule has 2 rings (SSSR count). The predicted molar refractivity (Wildman–Crippen MR) is 125 cm³/mol. The number of aliphatic hydroxyl groups is 1. The van der Waals surface area contributed by atoms with Crippen LogP contribution in [0.1, 0.15) is 38.7 Å². The second kappa shape index (κ2) is 14.6. The summed E-state index contributed by atoms with van der Waals surface area (Å²) in [5.41, 5.74) is 1.16. The Morgan fingerprint density at radius 3 is 2.65 bits per heavy atom. The molecule has 2 N–H and O–H groups in total. The molecule has 1 aromatic carbocycles. The van der Waals surface area contributed by atoms with E-state index in [1.54, 1.807) is 7.11 Å². The van der Waals surface area contributed by atoms with E-state index in [0.29, 0.717) is 24.1 Å². The molecule has 31 heavy (non-hydrogen) atoms. The molecule has 0 spiro atoms. The third kappa shape index (κ3) is 10.2. The Labute approximate surface area is 188 Å². The van der Waals surface area contributed by atoms with Crippen LogP contribution in [0.4, 0.5) is 0 Å². The van der Waals surface area contributed by atoms with Crippen LogP contribution >= 0.6 is 0 Å². The Kier molecular flexibility index (Phi) is 12.2. The smallest absolute Gasteiger partial charge is 0.161 e. The van der Waals surface area contributed by atoms with Crippen LogP contribution in [0, 0.1) is 0 Å². The Morgan fingerprint density at radius 1 is 1.16 bits per heavy atom. The number of ether oxygens (including phenoxy) is 3. The minimum Gasteiger partial charge on any atom is -0.493 e. The van der Waals surface area contributed by atoms with E-state index in [1.165, 1.54) is 25.8 Å². The Morgan fingerprint density at radius 2 is 1.94 bits per heavy atom. The Bertz CT molecular complexity index is 608. The highest BCUT2D eigenvalue weighted by Crippen LogP contribution is 2.28. The summed E-state index contributed by atoms with van der Waals surface area (Å²) < 4.78 is 16.7. The van der Waals surface area contributed by atoms with Crippen molar-refractivity contribution in [3.8, 4) is 11.5 Å². The van der Waals surface area contributed by atoms with Gasteiger partial charge in [-0.3, -0.25) is 4.90 Å². The first-order valence-electron chi connectivity index (χ1n) is 11.7. The van der Waals surface area contributed by atoms with Crippen molar-refractivity contribution < 1.29 is 19.3 Å². The number of unbranched alkanes of at least 4 members (excludes halogenated alkanes) is 2. The van der Waals surface area contributed by atoms with E-state index in [2.05, 4.69) is 35.0 Å². The van der Waals surface area contributed by atoms with Gasteiger partial charge in [0.1, 0.15) is 12.7 Å². The molecule has 0 amide bonds. The van der Waals surface area contributed by atoms with Crippen molar-refractivity contribution in [1.82, 2.24) is 15.1 Å². The maximum atomic E-state index is 10.2. The van der Waals surface area contributed by atoms with Gasteiger partial charge in [0.05, 0.1) is 20.3 Å². The summed E-state index contributed by atoms with van der Waals surface area (Å²) in [7, 11) is 3.65. The van der Waals surface area contributed by atoms with Gasteiger partial charge in [-0.2, -0.15) is 0 Å². The SMILES string of the molecule is COc1cc(CNCCCCCN2CCOCC2)ccc1OCC(O)CN(C)C(C)C. The van der Waals surface area contributed by atoms with Gasteiger partial charge in [-0.1, -0.05) is 12.5 Å². The van der Waals surface area contributed by atoms with Crippen molar-refractivity contribution in [1.29, 1.82) is 0 Å². The summed E-state index contributed by atoms with van der Waals surface area (Å²) in [6.07, 6.45) is 3.14. The zero-order chi connectivity index (χ0) is 22.5. The molecule has 1 heterocycles. The zero-order valence-corrected chi connectivity index (χ0v) is 19.9. The average Bonchev–Trinajstić information content (AvgIpc) is 2.77. The molecule has 1 saturated heterocycles. The average molecular weight is 438 g/mol. The molecule has 0 aliphatic carbocycles. The highest BCUT2D eigenvalue weighted by Gasteiger charge is 2.13. The fourth-order valence-electron chi connectivity index (χ4n) is 3.54. The van der Waals surface area contributed by atoms with Crippen LogP contribution in [0.2, 0.25) is 0 Å². The van der Waals surface area contributed by atoms with E-state index >= 15 is 0 Å². The van der Waals surface area contributed by atoms with Crippen molar-refractivity contribution in [3.63, 3.8) is 0 Å². The fraction of sp³-hybridized carbons (Fsp3) is 0.750. The van der Waals surface area contributed by atoms with Gasteiger partial charge in [0, 0.05) is 32.2 Å². The van der Waals surface area contributed by atoms with Gasteiger partial charge in [0.25, 0.3) is 0 Å². The van der Waals surface area contributed by atoms with Crippen LogP contribution in [-0.2, 0) is 11.3 Å². The van der Waals surface area contributed by atoms with Gasteiger partial charge in [-0.15, -0.1) is 0 Å². The number of hydrogen-bond donors (Lipinski definition) is 2. The lowest BCUT2D eigenvalue weighted by molar-refractivity contribution is 0.0371. The number of morpholine rings is 1. The molecule has 1 unspecified atom stereocenters. The van der Waals surface area contributed by atoms with Crippen LogP contribution in [-0.4, -0.2) is 93.8 Å². The topological polar surface area (TPSA) is 66.4 Å². The summed E-state index contributed by atoms with van der Waals surface area (Å²) in [6, 6.07) is 6.38. The molecule has 0 saturated carbocycles. The Balaban J connectivity index is 1.63. The van der Waals surface area contributed by atoms with Crippen LogP contribution in [0.5, 0.6) is 11.5 Å². The summed E-state index contributed by atoms with van der Waals surface area (Å²) in [4.78, 5) is 4.59. The van der Waals surface area contributed by atoms with E-state index in [0.717, 1.165) is 45.0 Å². The fourth-order valence-corrected chi connectivity index (χ4v) is 3.54. The summed E-state index contributed by atoms with van der Waals surface area (Å²) in [5, 5.41) is 13.7. The van der Waals surface area contributed by atoms with Gasteiger partial charge < -0.3 is 29.5 Å². The third-order valence-electron chi connectivity index (χ3n) is 5.80. The molecule has 1 fully saturated rings. The monoisotopic (exact) mass is 437 g/mol. The lowest BCUT2D eigenvalue weighted by atomic mass is 10.2. The standard InChI is InChI=1S/C24H43N3O4/c1-20(2)26(3)18-22(28)19-31-23-9-8-21(16-24(23)29-4)17-25-10-6-5-7-11-27-12-14-30-15-13-27/h8-9,16,20,22,25,28H,5-7,10-15,17-19H2,1-4H3. The molecule has 178 valence electrons. The van der Waals surface area contributed by atoms with Crippen molar-refractivity contribution in [2.24, 2.45) is 0 Å². The van der Waals surface area contributed by atoms with Gasteiger partial charge in [0.2, 0.25) is 0 Å². The predicted octanol–water partition coefficient (Wildman–Crippen LogP) is 2.37. The number of likely N-dealkylation sites (N-methyl/N-ethyl adjacent to an activating group) is 1. The second-order valence-electron chi connectivity index (χ2n) is 8.67. The van der Waals surface area contributed by atoms with Crippen LogP contribution in [0.25, 0.3) is 0 Å². The van der Waals surface area contributed by atoms with E-state index in [-0.39, 0.29) is 6.61 Å². The largest absolute Gasteiger partial charge is 0.493 e. The van der Waals surface area contributed by atoms with Crippen LogP contribution in [0.3, 0.4) is 0 Å². The number of aliphatic hydroxyl groups excluding tert-OH is 1. The van der Waals surface area contributed by atoms with Crippen molar-refractivity contribution in [2.45, 2.75) is 51.8 Å². The molecular weight excluding hydrogens is 394 g/mol. The molecule has 7 heteroatoms. The summed E-state index contributed by atoms with van der Waals surface area (Å²) in [5.74, 6) is 1.37. The highest BCUT2D eigenvalue weighted by molar-refractivity contribution is 5.43. The van der Waals surface area contributed by atoms with Crippen molar-refractivity contribution in [3.05, 3.63) is 23.8 Å². The molecule has 1 aliphatic rings. The van der Waals surface area contributed by atoms with E-state index < -0.39 is 6.10 Å². The minimum absolute atomic E-state index is 0.246. The lowest BCUT2D eigenvalue weighted by Crippen LogP contribution is -2.36. The number of nitrogens with one attached hydrogen (secondary N) is 1. The maximum Gasteiger partial charge on any atom is 0.161 e. The molecule has 1 atom stereocenters. The molecule has 0 bridgehead atoms. The van der Waals surface area contributed by atoms with Crippen LogP contribution in [0.15, 0.2) is 18.2 Å². The van der Waals surface area contributed by atoms with Gasteiger partial charge in [0.15, 0.2) is 11.5 Å². The van der Waals surface area contributed by atoms with E-state index in [1.807, 2.05) is 19.2 Å². The van der Waals surface area contributed by atoms with E-state index in [9.17, 15) is 5.11 Å². The zero-order valence-electron chi connectivity index (χ0n) is 19.9. The number of rotatable bonds is 15. The van der Waals surface area contributed by atoms with E-state index in [4.69, 9.17) is 14.2 Å². The number of hydrogen-bond acceptors (Lipinski definition) is 7. The minimum atomic E-state index is -0.540. The molecule has 0 radical (unpaired) electrons. The van der Waals surface area contributed by atoms with Gasteiger partial charge in [-0.05, 0) is 64.5 Å². The summed E-state index contributed by atoms with van der Waals surface area (Å²) in [6.45, 7) is 12.0. The van der Waals surface area contributed by atoms with Gasteiger partial charge >= 0.3 is 0 Å². The Hall–Kier alpha value is -1.38. The number of methoxy groups -OCH3 is 1. The molecule has 0 aromatic heterocycles. The third-order valence-corrected chi connectivity index (χ3v) is 5.80. The van der Waals surface area contributed by atoms with Gasteiger partial charge in [-0.25, -0.2) is 0 Å². The quantitative estimate of drug-likeness (QED) is 0.408. The molecule has 7 nitrogen and oxygen atoms in total. The maximum absolute atomic E-state index is 10.2. The molecular formula is C24H43N3O4. The normalized spacial score (nSPS) is 16.1. The first-order chi connectivity index (χ1) is 15.0.